The van der Waals surface area contributed by atoms with Crippen LogP contribution in [0.5, 0.6) is 0 Å². The number of carbonyl (C=O) groups excluding carboxylic acids is 1. The van der Waals surface area contributed by atoms with Crippen LogP contribution in [0.2, 0.25) is 0 Å². The highest BCUT2D eigenvalue weighted by Gasteiger charge is 2.47. The van der Waals surface area contributed by atoms with Crippen LogP contribution in [0.4, 0.5) is 13.2 Å². The molecule has 1 amide bonds. The van der Waals surface area contributed by atoms with Gasteiger partial charge >= 0.3 is 6.18 Å². The Morgan fingerprint density at radius 3 is 2.63 bits per heavy atom. The highest BCUT2D eigenvalue weighted by atomic mass is 19.4. The monoisotopic (exact) mass is 378 g/mol. The SMILES string of the molecule is CCCCCCc1ccc2c(C(N3CCC(=O)N3)C(F)(F)F)cccc2c1. The van der Waals surface area contributed by atoms with Gasteiger partial charge in [0.05, 0.1) is 0 Å². The Balaban J connectivity index is 1.91. The minimum atomic E-state index is -4.48. The number of aryl methyl sites for hydroxylation is 1. The molecule has 0 bridgehead atoms. The number of carbonyl (C=O) groups is 1. The lowest BCUT2D eigenvalue weighted by molar-refractivity contribution is -0.190. The van der Waals surface area contributed by atoms with Gasteiger partial charge in [0.15, 0.2) is 6.04 Å². The zero-order valence-corrected chi connectivity index (χ0v) is 15.5. The summed E-state index contributed by atoms with van der Waals surface area (Å²) in [6.45, 7) is 2.21. The van der Waals surface area contributed by atoms with Gasteiger partial charge in [0.25, 0.3) is 0 Å². The van der Waals surface area contributed by atoms with Crippen LogP contribution in [0, 0.1) is 0 Å². The van der Waals surface area contributed by atoms with E-state index in [2.05, 4.69) is 12.3 Å². The van der Waals surface area contributed by atoms with Gasteiger partial charge in [-0.15, -0.1) is 0 Å². The molecular formula is C21H25F3N2O. The van der Waals surface area contributed by atoms with Crippen molar-refractivity contribution in [3.63, 3.8) is 0 Å². The molecule has 0 spiro atoms. The number of rotatable bonds is 7. The summed E-state index contributed by atoms with van der Waals surface area (Å²) in [4.78, 5) is 11.5. The average molecular weight is 378 g/mol. The Labute approximate surface area is 157 Å². The van der Waals surface area contributed by atoms with Gasteiger partial charge in [-0.1, -0.05) is 62.6 Å². The number of hydrogen-bond acceptors (Lipinski definition) is 2. The van der Waals surface area contributed by atoms with Gasteiger partial charge in [0.1, 0.15) is 0 Å². The first-order valence-corrected chi connectivity index (χ1v) is 9.54. The van der Waals surface area contributed by atoms with E-state index in [1.807, 2.05) is 18.2 Å². The second-order valence-corrected chi connectivity index (χ2v) is 7.14. The van der Waals surface area contributed by atoms with Gasteiger partial charge in [-0.25, -0.2) is 5.01 Å². The van der Waals surface area contributed by atoms with Gasteiger partial charge in [-0.3, -0.25) is 10.2 Å². The Morgan fingerprint density at radius 1 is 1.15 bits per heavy atom. The smallest absolute Gasteiger partial charge is 0.288 e. The average Bonchev–Trinajstić information content (AvgIpc) is 3.03. The van der Waals surface area contributed by atoms with Crippen molar-refractivity contribution in [2.24, 2.45) is 0 Å². The highest BCUT2D eigenvalue weighted by Crippen LogP contribution is 2.40. The predicted octanol–water partition coefficient (Wildman–Crippen LogP) is 5.30. The van der Waals surface area contributed by atoms with Crippen molar-refractivity contribution in [1.82, 2.24) is 10.4 Å². The van der Waals surface area contributed by atoms with Crippen molar-refractivity contribution in [3.8, 4) is 0 Å². The normalized spacial score (nSPS) is 16.7. The summed E-state index contributed by atoms with van der Waals surface area (Å²) in [5.74, 6) is -0.376. The fraction of sp³-hybridized carbons (Fsp3) is 0.476. The molecule has 1 saturated heterocycles. The van der Waals surface area contributed by atoms with Crippen molar-refractivity contribution >= 4 is 16.7 Å². The Hall–Kier alpha value is -2.08. The fourth-order valence-electron chi connectivity index (χ4n) is 3.72. The van der Waals surface area contributed by atoms with Crippen molar-refractivity contribution in [3.05, 3.63) is 47.5 Å². The topological polar surface area (TPSA) is 32.3 Å². The Bertz CT molecular complexity index is 804. The number of halogens is 3. The van der Waals surface area contributed by atoms with Gasteiger partial charge < -0.3 is 0 Å². The van der Waals surface area contributed by atoms with E-state index >= 15 is 0 Å². The largest absolute Gasteiger partial charge is 0.409 e. The molecule has 1 fully saturated rings. The molecule has 0 aliphatic carbocycles. The molecule has 146 valence electrons. The number of hydrazine groups is 1. The van der Waals surface area contributed by atoms with Crippen molar-refractivity contribution in [2.75, 3.05) is 6.54 Å². The molecule has 3 rings (SSSR count). The van der Waals surface area contributed by atoms with Gasteiger partial charge in [0, 0.05) is 13.0 Å². The van der Waals surface area contributed by atoms with E-state index in [1.54, 1.807) is 12.1 Å². The van der Waals surface area contributed by atoms with E-state index in [4.69, 9.17) is 0 Å². The Kier molecular flexibility index (Phi) is 6.05. The number of benzene rings is 2. The lowest BCUT2D eigenvalue weighted by Gasteiger charge is -2.30. The third-order valence-corrected chi connectivity index (χ3v) is 5.06. The zero-order valence-electron chi connectivity index (χ0n) is 15.5. The third-order valence-electron chi connectivity index (χ3n) is 5.06. The first-order valence-electron chi connectivity index (χ1n) is 9.54. The standard InChI is InChI=1S/C21H25F3N2O/c1-2-3-4-5-7-15-10-11-17-16(14-15)8-6-9-18(17)20(21(22,23)24)26-13-12-19(27)25-26/h6,8-11,14,20H,2-5,7,12-13H2,1H3,(H,25,27). The number of nitrogens with zero attached hydrogens (tertiary/aromatic N) is 1. The van der Waals surface area contributed by atoms with Crippen LogP contribution in [0.1, 0.15) is 56.2 Å². The summed E-state index contributed by atoms with van der Waals surface area (Å²) < 4.78 is 41.5. The van der Waals surface area contributed by atoms with Crippen LogP contribution in [-0.4, -0.2) is 23.6 Å². The van der Waals surface area contributed by atoms with E-state index < -0.39 is 12.2 Å². The van der Waals surface area contributed by atoms with Gasteiger partial charge in [-0.2, -0.15) is 13.2 Å². The summed E-state index contributed by atoms with van der Waals surface area (Å²) in [6.07, 6.45) is 1.16. The lowest BCUT2D eigenvalue weighted by atomic mass is 9.95. The summed E-state index contributed by atoms with van der Waals surface area (Å²) in [5, 5.41) is 2.40. The molecule has 6 heteroatoms. The maximum absolute atomic E-state index is 13.8. The molecule has 0 saturated carbocycles. The molecule has 2 aromatic carbocycles. The number of nitrogens with one attached hydrogen (secondary N) is 1. The Morgan fingerprint density at radius 2 is 1.96 bits per heavy atom. The summed E-state index contributed by atoms with van der Waals surface area (Å²) >= 11 is 0. The first kappa shape index (κ1) is 19.7. The molecular weight excluding hydrogens is 353 g/mol. The molecule has 1 aliphatic heterocycles. The number of unbranched alkanes of at least 4 members (excludes halogenated alkanes) is 3. The van der Waals surface area contributed by atoms with Gasteiger partial charge in [-0.05, 0) is 34.7 Å². The molecule has 2 aromatic rings. The minimum Gasteiger partial charge on any atom is -0.288 e. The van der Waals surface area contributed by atoms with Crippen LogP contribution >= 0.6 is 0 Å². The van der Waals surface area contributed by atoms with Crippen LogP contribution in [-0.2, 0) is 11.2 Å². The minimum absolute atomic E-state index is 0.0505. The van der Waals surface area contributed by atoms with E-state index in [1.165, 1.54) is 25.3 Å². The van der Waals surface area contributed by atoms with E-state index in [9.17, 15) is 18.0 Å². The zero-order chi connectivity index (χ0) is 19.4. The third kappa shape index (κ3) is 4.61. The number of alkyl halides is 3. The summed E-state index contributed by atoms with van der Waals surface area (Å²) in [5.41, 5.74) is 3.68. The summed E-state index contributed by atoms with van der Waals surface area (Å²) in [6, 6.07) is 8.87. The quantitative estimate of drug-likeness (QED) is 0.663. The first-order chi connectivity index (χ1) is 12.9. The van der Waals surface area contributed by atoms with Crippen LogP contribution in [0.15, 0.2) is 36.4 Å². The summed E-state index contributed by atoms with van der Waals surface area (Å²) in [7, 11) is 0. The van der Waals surface area contributed by atoms with Crippen LogP contribution < -0.4 is 5.43 Å². The molecule has 0 aromatic heterocycles. The van der Waals surface area contributed by atoms with Crippen molar-refractivity contribution in [2.45, 2.75) is 57.7 Å². The maximum atomic E-state index is 13.8. The molecule has 3 nitrogen and oxygen atoms in total. The lowest BCUT2D eigenvalue weighted by Crippen LogP contribution is -2.43. The van der Waals surface area contributed by atoms with E-state index in [0.717, 1.165) is 28.8 Å². The van der Waals surface area contributed by atoms with E-state index in [-0.39, 0.29) is 24.4 Å². The molecule has 0 radical (unpaired) electrons. The van der Waals surface area contributed by atoms with Crippen LogP contribution in [0.25, 0.3) is 10.8 Å². The second kappa shape index (κ2) is 8.30. The van der Waals surface area contributed by atoms with Gasteiger partial charge in [0.2, 0.25) is 5.91 Å². The maximum Gasteiger partial charge on any atom is 0.409 e. The highest BCUT2D eigenvalue weighted by molar-refractivity contribution is 5.87. The molecule has 1 heterocycles. The molecule has 1 unspecified atom stereocenters. The molecule has 1 N–H and O–H groups in total. The van der Waals surface area contributed by atoms with E-state index in [0.29, 0.717) is 5.39 Å². The molecule has 1 aliphatic rings. The van der Waals surface area contributed by atoms with Crippen molar-refractivity contribution in [1.29, 1.82) is 0 Å². The number of hydrogen-bond donors (Lipinski definition) is 1. The van der Waals surface area contributed by atoms with Crippen LogP contribution in [0.3, 0.4) is 0 Å². The number of fused-ring (bicyclic) bond motifs is 1. The second-order valence-electron chi connectivity index (χ2n) is 7.14. The molecule has 1 atom stereocenters. The van der Waals surface area contributed by atoms with Crippen molar-refractivity contribution < 1.29 is 18.0 Å². The number of amides is 1. The fourth-order valence-corrected chi connectivity index (χ4v) is 3.72. The predicted molar refractivity (Wildman–Crippen MR) is 100 cm³/mol. The molecule has 27 heavy (non-hydrogen) atoms.